The number of carbonyl (C=O) groups excluding carboxylic acids is 1. The summed E-state index contributed by atoms with van der Waals surface area (Å²) in [4.78, 5) is 14.0. The highest BCUT2D eigenvalue weighted by atomic mass is 16.5. The number of hydrogen-bond acceptors (Lipinski definition) is 3. The Hall–Kier alpha value is -0.570. The number of hydrogen-bond donors (Lipinski definition) is 0. The molecule has 94 valence electrons. The van der Waals surface area contributed by atoms with Crippen LogP contribution in [0.15, 0.2) is 0 Å². The molecule has 0 spiro atoms. The van der Waals surface area contributed by atoms with Crippen LogP contribution in [0, 0.1) is 5.92 Å². The highest BCUT2D eigenvalue weighted by Crippen LogP contribution is 2.22. The number of likely N-dealkylation sites (tertiary alicyclic amines) is 1. The molecular formula is C13H25NO2. The average Bonchev–Trinajstić information content (AvgIpc) is 2.51. The number of ether oxygens (including phenoxy) is 1. The molecule has 0 amide bonds. The Morgan fingerprint density at radius 3 is 2.62 bits per heavy atom. The summed E-state index contributed by atoms with van der Waals surface area (Å²) in [6.45, 7) is 7.49. The molecule has 1 fully saturated rings. The van der Waals surface area contributed by atoms with Crippen molar-refractivity contribution >= 4 is 5.97 Å². The SMILES string of the molecule is COC(=O)C(C)C(C)N1CCCCCC1C. The molecule has 1 rings (SSSR count). The minimum atomic E-state index is -0.0936. The van der Waals surface area contributed by atoms with Gasteiger partial charge in [-0.15, -0.1) is 0 Å². The largest absolute Gasteiger partial charge is 0.469 e. The van der Waals surface area contributed by atoms with Crippen LogP contribution in [0.25, 0.3) is 0 Å². The Labute approximate surface area is 99.1 Å². The number of carbonyl (C=O) groups is 1. The molecule has 0 N–H and O–H groups in total. The summed E-state index contributed by atoms with van der Waals surface area (Å²) in [6, 6.07) is 0.866. The second-order valence-corrected chi connectivity index (χ2v) is 4.99. The fourth-order valence-corrected chi connectivity index (χ4v) is 2.57. The first-order chi connectivity index (χ1) is 7.57. The molecule has 1 aliphatic rings. The molecule has 1 aliphatic heterocycles. The number of methoxy groups -OCH3 is 1. The van der Waals surface area contributed by atoms with E-state index in [0.29, 0.717) is 6.04 Å². The van der Waals surface area contributed by atoms with Crippen LogP contribution in [0.3, 0.4) is 0 Å². The van der Waals surface area contributed by atoms with Gasteiger partial charge in [0.1, 0.15) is 0 Å². The molecule has 0 aromatic heterocycles. The monoisotopic (exact) mass is 227 g/mol. The maximum Gasteiger partial charge on any atom is 0.309 e. The number of esters is 1. The van der Waals surface area contributed by atoms with Crippen LogP contribution in [0.4, 0.5) is 0 Å². The second kappa shape index (κ2) is 6.24. The van der Waals surface area contributed by atoms with Gasteiger partial charge in [-0.3, -0.25) is 9.69 Å². The lowest BCUT2D eigenvalue weighted by molar-refractivity contribution is -0.147. The van der Waals surface area contributed by atoms with E-state index in [1.165, 1.54) is 32.8 Å². The lowest BCUT2D eigenvalue weighted by atomic mass is 10.00. The van der Waals surface area contributed by atoms with Crippen molar-refractivity contribution in [1.29, 1.82) is 0 Å². The van der Waals surface area contributed by atoms with E-state index in [9.17, 15) is 4.79 Å². The minimum Gasteiger partial charge on any atom is -0.469 e. The summed E-state index contributed by atoms with van der Waals surface area (Å²) in [5, 5.41) is 0. The molecular weight excluding hydrogens is 202 g/mol. The third kappa shape index (κ3) is 3.21. The van der Waals surface area contributed by atoms with Crippen LogP contribution in [-0.2, 0) is 9.53 Å². The van der Waals surface area contributed by atoms with E-state index in [-0.39, 0.29) is 17.9 Å². The zero-order chi connectivity index (χ0) is 12.1. The van der Waals surface area contributed by atoms with E-state index >= 15 is 0 Å². The van der Waals surface area contributed by atoms with Gasteiger partial charge in [-0.25, -0.2) is 0 Å². The zero-order valence-electron chi connectivity index (χ0n) is 11.0. The topological polar surface area (TPSA) is 29.5 Å². The fourth-order valence-electron chi connectivity index (χ4n) is 2.57. The first-order valence-electron chi connectivity index (χ1n) is 6.41. The molecule has 3 heteroatoms. The first-order valence-corrected chi connectivity index (χ1v) is 6.41. The van der Waals surface area contributed by atoms with Crippen molar-refractivity contribution in [3.05, 3.63) is 0 Å². The van der Waals surface area contributed by atoms with Crippen LogP contribution in [0.5, 0.6) is 0 Å². The van der Waals surface area contributed by atoms with Crippen LogP contribution >= 0.6 is 0 Å². The predicted octanol–water partition coefficient (Wildman–Crippen LogP) is 2.45. The highest BCUT2D eigenvalue weighted by Gasteiger charge is 2.29. The Kier molecular flexibility index (Phi) is 5.26. The summed E-state index contributed by atoms with van der Waals surface area (Å²) in [5.41, 5.74) is 0. The summed E-state index contributed by atoms with van der Waals surface area (Å²) < 4.78 is 4.82. The van der Waals surface area contributed by atoms with Gasteiger partial charge in [0, 0.05) is 12.1 Å². The summed E-state index contributed by atoms with van der Waals surface area (Å²) in [6.07, 6.45) is 5.14. The Bertz CT molecular complexity index is 230. The summed E-state index contributed by atoms with van der Waals surface area (Å²) >= 11 is 0. The molecule has 3 nitrogen and oxygen atoms in total. The molecule has 3 unspecified atom stereocenters. The van der Waals surface area contributed by atoms with E-state index in [2.05, 4.69) is 18.7 Å². The molecule has 0 aliphatic carbocycles. The van der Waals surface area contributed by atoms with Gasteiger partial charge in [0.2, 0.25) is 0 Å². The van der Waals surface area contributed by atoms with Gasteiger partial charge in [-0.1, -0.05) is 19.8 Å². The maximum atomic E-state index is 11.5. The van der Waals surface area contributed by atoms with Gasteiger partial charge in [-0.05, 0) is 33.2 Å². The zero-order valence-corrected chi connectivity index (χ0v) is 11.0. The third-order valence-corrected chi connectivity index (χ3v) is 3.92. The van der Waals surface area contributed by atoms with Gasteiger partial charge in [0.15, 0.2) is 0 Å². The molecule has 0 aromatic rings. The van der Waals surface area contributed by atoms with E-state index in [1.54, 1.807) is 0 Å². The van der Waals surface area contributed by atoms with E-state index in [0.717, 1.165) is 6.54 Å². The molecule has 0 aromatic carbocycles. The molecule has 1 heterocycles. The lowest BCUT2D eigenvalue weighted by Crippen LogP contribution is -2.45. The molecule has 0 radical (unpaired) electrons. The smallest absolute Gasteiger partial charge is 0.309 e. The summed E-state index contributed by atoms with van der Waals surface area (Å²) in [7, 11) is 1.47. The maximum absolute atomic E-state index is 11.5. The van der Waals surface area contributed by atoms with E-state index in [1.807, 2.05) is 6.92 Å². The quantitative estimate of drug-likeness (QED) is 0.694. The number of nitrogens with zero attached hydrogens (tertiary/aromatic N) is 1. The molecule has 0 bridgehead atoms. The van der Waals surface area contributed by atoms with Gasteiger partial charge in [-0.2, -0.15) is 0 Å². The lowest BCUT2D eigenvalue weighted by Gasteiger charge is -2.35. The van der Waals surface area contributed by atoms with Crippen molar-refractivity contribution in [1.82, 2.24) is 4.90 Å². The Morgan fingerprint density at radius 1 is 1.31 bits per heavy atom. The third-order valence-electron chi connectivity index (χ3n) is 3.92. The van der Waals surface area contributed by atoms with Crippen molar-refractivity contribution in [3.63, 3.8) is 0 Å². The molecule has 3 atom stereocenters. The Morgan fingerprint density at radius 2 is 2.00 bits per heavy atom. The first kappa shape index (κ1) is 13.5. The van der Waals surface area contributed by atoms with Crippen molar-refractivity contribution in [3.8, 4) is 0 Å². The van der Waals surface area contributed by atoms with E-state index < -0.39 is 0 Å². The summed E-state index contributed by atoms with van der Waals surface area (Å²) in [5.74, 6) is -0.130. The van der Waals surface area contributed by atoms with Crippen LogP contribution in [0.1, 0.15) is 46.5 Å². The normalized spacial score (nSPS) is 26.9. The van der Waals surface area contributed by atoms with Crippen molar-refractivity contribution in [2.75, 3.05) is 13.7 Å². The van der Waals surface area contributed by atoms with Crippen molar-refractivity contribution in [2.45, 2.75) is 58.5 Å². The van der Waals surface area contributed by atoms with Gasteiger partial charge in [0.05, 0.1) is 13.0 Å². The predicted molar refractivity (Wildman–Crippen MR) is 65.3 cm³/mol. The van der Waals surface area contributed by atoms with Crippen molar-refractivity contribution in [2.24, 2.45) is 5.92 Å². The van der Waals surface area contributed by atoms with E-state index in [4.69, 9.17) is 4.74 Å². The fraction of sp³-hybridized carbons (Fsp3) is 0.923. The van der Waals surface area contributed by atoms with Crippen LogP contribution in [0.2, 0.25) is 0 Å². The van der Waals surface area contributed by atoms with Crippen LogP contribution < -0.4 is 0 Å². The van der Waals surface area contributed by atoms with Crippen LogP contribution in [-0.4, -0.2) is 36.6 Å². The van der Waals surface area contributed by atoms with Gasteiger partial charge >= 0.3 is 5.97 Å². The van der Waals surface area contributed by atoms with Crippen molar-refractivity contribution < 1.29 is 9.53 Å². The second-order valence-electron chi connectivity index (χ2n) is 4.99. The van der Waals surface area contributed by atoms with Gasteiger partial charge in [0.25, 0.3) is 0 Å². The van der Waals surface area contributed by atoms with Gasteiger partial charge < -0.3 is 4.74 Å². The molecule has 1 saturated heterocycles. The Balaban J connectivity index is 2.62. The standard InChI is InChI=1S/C13H25NO2/c1-10-8-6-5-7-9-14(10)12(3)11(2)13(15)16-4/h10-12H,5-9H2,1-4H3. The minimum absolute atomic E-state index is 0.0365. The highest BCUT2D eigenvalue weighted by molar-refractivity contribution is 5.72. The average molecular weight is 227 g/mol. The molecule has 0 saturated carbocycles. The number of rotatable bonds is 3. The molecule has 16 heavy (non-hydrogen) atoms.